The fourth-order valence-corrected chi connectivity index (χ4v) is 2.85. The van der Waals surface area contributed by atoms with Gasteiger partial charge in [0.1, 0.15) is 11.7 Å². The summed E-state index contributed by atoms with van der Waals surface area (Å²) in [5, 5.41) is 5.58. The molecule has 6 heteroatoms. The topological polar surface area (TPSA) is 78.5 Å². The first-order chi connectivity index (χ1) is 11.4. The minimum absolute atomic E-state index is 0.181. The van der Waals surface area contributed by atoms with Crippen LogP contribution in [-0.4, -0.2) is 28.7 Å². The predicted molar refractivity (Wildman–Crippen MR) is 89.8 cm³/mol. The summed E-state index contributed by atoms with van der Waals surface area (Å²) >= 11 is 0. The van der Waals surface area contributed by atoms with E-state index in [1.807, 2.05) is 32.0 Å². The highest BCUT2D eigenvalue weighted by Gasteiger charge is 2.41. The molecule has 0 radical (unpaired) electrons. The van der Waals surface area contributed by atoms with Gasteiger partial charge in [0.15, 0.2) is 0 Å². The van der Waals surface area contributed by atoms with Crippen LogP contribution < -0.4 is 10.6 Å². The number of hydrogen-bond acceptors (Lipinski definition) is 4. The quantitative estimate of drug-likeness (QED) is 0.830. The summed E-state index contributed by atoms with van der Waals surface area (Å²) in [5.41, 5.74) is 3.74. The average Bonchev–Trinajstić information content (AvgIpc) is 2.78. The summed E-state index contributed by atoms with van der Waals surface area (Å²) in [5.74, 6) is -1.32. The molecule has 1 fully saturated rings. The second-order valence-corrected chi connectivity index (χ2v) is 6.14. The van der Waals surface area contributed by atoms with E-state index in [0.29, 0.717) is 18.5 Å². The van der Waals surface area contributed by atoms with Crippen LogP contribution in [0.2, 0.25) is 0 Å². The van der Waals surface area contributed by atoms with Gasteiger partial charge in [0.2, 0.25) is 5.91 Å². The maximum atomic E-state index is 12.6. The van der Waals surface area contributed by atoms with Crippen molar-refractivity contribution in [1.82, 2.24) is 10.2 Å². The SMILES string of the molecule is C=C1CCC(N2C(=O)C=C(Nc3ccc(C)c(C)c3)C2=O)C(=O)N1. The van der Waals surface area contributed by atoms with E-state index in [1.165, 1.54) is 6.08 Å². The first-order valence-corrected chi connectivity index (χ1v) is 7.79. The monoisotopic (exact) mass is 325 g/mol. The summed E-state index contributed by atoms with van der Waals surface area (Å²) in [6.07, 6.45) is 2.19. The number of nitrogens with zero attached hydrogens (tertiary/aromatic N) is 1. The summed E-state index contributed by atoms with van der Waals surface area (Å²) in [6, 6.07) is 4.91. The van der Waals surface area contributed by atoms with Crippen molar-refractivity contribution in [3.63, 3.8) is 0 Å². The van der Waals surface area contributed by atoms with Crippen molar-refractivity contribution >= 4 is 23.4 Å². The molecule has 0 spiro atoms. The van der Waals surface area contributed by atoms with Crippen molar-refractivity contribution in [2.45, 2.75) is 32.7 Å². The highest BCUT2D eigenvalue weighted by Crippen LogP contribution is 2.24. The lowest BCUT2D eigenvalue weighted by atomic mass is 10.0. The molecule has 2 N–H and O–H groups in total. The molecule has 2 heterocycles. The summed E-state index contributed by atoms with van der Waals surface area (Å²) in [7, 11) is 0. The van der Waals surface area contributed by atoms with Gasteiger partial charge in [0.25, 0.3) is 11.8 Å². The Morgan fingerprint density at radius 1 is 1.21 bits per heavy atom. The minimum Gasteiger partial charge on any atom is -0.351 e. The van der Waals surface area contributed by atoms with Crippen molar-refractivity contribution in [3.05, 3.63) is 53.4 Å². The molecular formula is C18H19N3O3. The van der Waals surface area contributed by atoms with Gasteiger partial charge in [-0.05, 0) is 49.9 Å². The number of aryl methyl sites for hydroxylation is 2. The Bertz CT molecular complexity index is 795. The molecule has 1 saturated heterocycles. The Morgan fingerprint density at radius 2 is 1.96 bits per heavy atom. The summed E-state index contributed by atoms with van der Waals surface area (Å²) in [6.45, 7) is 7.68. The van der Waals surface area contributed by atoms with Gasteiger partial charge in [0.05, 0.1) is 0 Å². The number of amides is 3. The summed E-state index contributed by atoms with van der Waals surface area (Å²) < 4.78 is 0. The number of allylic oxidation sites excluding steroid dienone is 1. The molecule has 0 saturated carbocycles. The first-order valence-electron chi connectivity index (χ1n) is 7.79. The number of carbonyl (C=O) groups excluding carboxylic acids is 3. The molecule has 1 unspecified atom stereocenters. The zero-order valence-electron chi connectivity index (χ0n) is 13.7. The molecule has 0 aliphatic carbocycles. The number of anilines is 1. The number of hydrogen-bond donors (Lipinski definition) is 2. The number of benzene rings is 1. The lowest BCUT2D eigenvalue weighted by Crippen LogP contribution is -2.52. The van der Waals surface area contributed by atoms with Crippen molar-refractivity contribution in [2.24, 2.45) is 0 Å². The maximum Gasteiger partial charge on any atom is 0.278 e. The van der Waals surface area contributed by atoms with Gasteiger partial charge >= 0.3 is 0 Å². The van der Waals surface area contributed by atoms with Crippen LogP contribution >= 0.6 is 0 Å². The number of carbonyl (C=O) groups is 3. The zero-order chi connectivity index (χ0) is 17.4. The van der Waals surface area contributed by atoms with Crippen molar-refractivity contribution in [3.8, 4) is 0 Å². The summed E-state index contributed by atoms with van der Waals surface area (Å²) in [4.78, 5) is 37.9. The predicted octanol–water partition coefficient (Wildman–Crippen LogP) is 1.76. The molecule has 0 aromatic heterocycles. The second-order valence-electron chi connectivity index (χ2n) is 6.14. The van der Waals surface area contributed by atoms with E-state index in [1.54, 1.807) is 0 Å². The molecule has 3 rings (SSSR count). The maximum absolute atomic E-state index is 12.6. The van der Waals surface area contributed by atoms with Crippen LogP contribution in [0.1, 0.15) is 24.0 Å². The van der Waals surface area contributed by atoms with Gasteiger partial charge in [-0.25, -0.2) is 0 Å². The van der Waals surface area contributed by atoms with Crippen LogP contribution in [0.3, 0.4) is 0 Å². The lowest BCUT2D eigenvalue weighted by molar-refractivity contribution is -0.146. The molecule has 3 amide bonds. The van der Waals surface area contributed by atoms with Gasteiger partial charge in [-0.15, -0.1) is 0 Å². The Morgan fingerprint density at radius 3 is 2.62 bits per heavy atom. The van der Waals surface area contributed by atoms with Crippen LogP contribution in [0.15, 0.2) is 42.2 Å². The zero-order valence-corrected chi connectivity index (χ0v) is 13.7. The third kappa shape index (κ3) is 2.82. The number of rotatable bonds is 3. The van der Waals surface area contributed by atoms with Crippen LogP contribution in [0.5, 0.6) is 0 Å². The largest absolute Gasteiger partial charge is 0.351 e. The Hall–Kier alpha value is -2.89. The van der Waals surface area contributed by atoms with Crippen LogP contribution in [0.4, 0.5) is 5.69 Å². The Labute approximate surface area is 140 Å². The highest BCUT2D eigenvalue weighted by atomic mass is 16.2. The third-order valence-electron chi connectivity index (χ3n) is 4.37. The number of imide groups is 1. The van der Waals surface area contributed by atoms with E-state index in [-0.39, 0.29) is 11.6 Å². The van der Waals surface area contributed by atoms with Crippen molar-refractivity contribution in [2.75, 3.05) is 5.32 Å². The molecule has 6 nitrogen and oxygen atoms in total. The first kappa shape index (κ1) is 16.0. The van der Waals surface area contributed by atoms with Gasteiger partial charge in [-0.1, -0.05) is 12.6 Å². The minimum atomic E-state index is -0.786. The van der Waals surface area contributed by atoms with Crippen LogP contribution in [-0.2, 0) is 14.4 Å². The van der Waals surface area contributed by atoms with Crippen LogP contribution in [0.25, 0.3) is 0 Å². The molecule has 24 heavy (non-hydrogen) atoms. The molecule has 1 aromatic rings. The average molecular weight is 325 g/mol. The van der Waals surface area contributed by atoms with E-state index < -0.39 is 17.9 Å². The van der Waals surface area contributed by atoms with Gasteiger partial charge in [0, 0.05) is 17.5 Å². The molecular weight excluding hydrogens is 306 g/mol. The van der Waals surface area contributed by atoms with Gasteiger partial charge in [-0.2, -0.15) is 0 Å². The molecule has 2 aliphatic heterocycles. The smallest absolute Gasteiger partial charge is 0.278 e. The molecule has 0 bridgehead atoms. The second kappa shape index (κ2) is 5.96. The molecule has 124 valence electrons. The van der Waals surface area contributed by atoms with E-state index in [9.17, 15) is 14.4 Å². The van der Waals surface area contributed by atoms with Crippen LogP contribution in [0, 0.1) is 13.8 Å². The van der Waals surface area contributed by atoms with Gasteiger partial charge in [-0.3, -0.25) is 19.3 Å². The van der Waals surface area contributed by atoms with Crippen molar-refractivity contribution in [1.29, 1.82) is 0 Å². The fraction of sp³-hybridized carbons (Fsp3) is 0.278. The molecule has 1 atom stereocenters. The van der Waals surface area contributed by atoms with E-state index >= 15 is 0 Å². The van der Waals surface area contributed by atoms with Crippen molar-refractivity contribution < 1.29 is 14.4 Å². The standard InChI is InChI=1S/C18H19N3O3/c1-10-4-6-13(8-11(10)2)20-14-9-16(22)21(18(14)24)15-7-5-12(3)19-17(15)23/h4,6,8-9,15,20H,3,5,7H2,1-2H3,(H,19,23). The van der Waals surface area contributed by atoms with E-state index in [4.69, 9.17) is 0 Å². The normalized spacial score (nSPS) is 21.0. The Balaban J connectivity index is 1.78. The molecule has 1 aromatic carbocycles. The fourth-order valence-electron chi connectivity index (χ4n) is 2.85. The third-order valence-corrected chi connectivity index (χ3v) is 4.37. The number of nitrogens with one attached hydrogen (secondary N) is 2. The molecule has 2 aliphatic rings. The van der Waals surface area contributed by atoms with Gasteiger partial charge < -0.3 is 10.6 Å². The Kier molecular flexibility index (Phi) is 3.97. The lowest BCUT2D eigenvalue weighted by Gasteiger charge is -2.29. The number of piperidine rings is 1. The highest BCUT2D eigenvalue weighted by molar-refractivity contribution is 6.19. The van der Waals surface area contributed by atoms with E-state index in [0.717, 1.165) is 21.7 Å². The van der Waals surface area contributed by atoms with E-state index in [2.05, 4.69) is 17.2 Å².